The van der Waals surface area contributed by atoms with Crippen LogP contribution in [-0.4, -0.2) is 36.6 Å². The summed E-state index contributed by atoms with van der Waals surface area (Å²) in [5.41, 5.74) is 0. The lowest BCUT2D eigenvalue weighted by Crippen LogP contribution is -2.34. The highest BCUT2D eigenvalue weighted by molar-refractivity contribution is 5.77. The van der Waals surface area contributed by atoms with Crippen LogP contribution in [-0.2, 0) is 9.59 Å². The third kappa shape index (κ3) is 8.23. The van der Waals surface area contributed by atoms with Crippen LogP contribution in [0.25, 0.3) is 0 Å². The van der Waals surface area contributed by atoms with Crippen molar-refractivity contribution in [2.75, 3.05) is 19.6 Å². The van der Waals surface area contributed by atoms with Gasteiger partial charge < -0.3 is 15.7 Å². The van der Waals surface area contributed by atoms with Crippen LogP contribution in [0.3, 0.4) is 0 Å². The molecule has 0 saturated carbocycles. The van der Waals surface area contributed by atoms with E-state index in [-0.39, 0.29) is 11.8 Å². The van der Waals surface area contributed by atoms with Crippen LogP contribution >= 0.6 is 0 Å². The highest BCUT2D eigenvalue weighted by atomic mass is 16.4. The molecule has 1 amide bonds. The molecule has 3 N–H and O–H groups in total. The first-order valence-corrected chi connectivity index (χ1v) is 5.78. The molecule has 5 nitrogen and oxygen atoms in total. The molecule has 0 aliphatic rings. The Morgan fingerprint density at radius 2 is 2.00 bits per heavy atom. The third-order valence-electron chi connectivity index (χ3n) is 2.27. The fourth-order valence-corrected chi connectivity index (χ4v) is 1.20. The van der Waals surface area contributed by atoms with Gasteiger partial charge in [0.05, 0.1) is 12.5 Å². The Morgan fingerprint density at radius 3 is 2.56 bits per heavy atom. The Morgan fingerprint density at radius 1 is 1.31 bits per heavy atom. The molecule has 0 rings (SSSR count). The first-order chi connectivity index (χ1) is 7.57. The molecule has 0 spiro atoms. The van der Waals surface area contributed by atoms with E-state index in [1.165, 1.54) is 0 Å². The maximum Gasteiger partial charge on any atom is 0.306 e. The van der Waals surface area contributed by atoms with Crippen molar-refractivity contribution in [2.45, 2.75) is 33.1 Å². The molecule has 0 radical (unpaired) electrons. The van der Waals surface area contributed by atoms with Gasteiger partial charge in [0.25, 0.3) is 0 Å². The van der Waals surface area contributed by atoms with E-state index < -0.39 is 5.97 Å². The van der Waals surface area contributed by atoms with Crippen LogP contribution in [0.2, 0.25) is 0 Å². The molecule has 0 fully saturated rings. The van der Waals surface area contributed by atoms with Gasteiger partial charge >= 0.3 is 5.97 Å². The van der Waals surface area contributed by atoms with Crippen molar-refractivity contribution < 1.29 is 14.7 Å². The molecule has 94 valence electrons. The average molecular weight is 230 g/mol. The van der Waals surface area contributed by atoms with E-state index in [9.17, 15) is 9.59 Å². The third-order valence-corrected chi connectivity index (χ3v) is 2.27. The number of hydrogen-bond acceptors (Lipinski definition) is 3. The normalized spacial score (nSPS) is 12.1. The number of carbonyl (C=O) groups is 2. The zero-order chi connectivity index (χ0) is 12.4. The Kier molecular flexibility index (Phi) is 8.52. The smallest absolute Gasteiger partial charge is 0.306 e. The summed E-state index contributed by atoms with van der Waals surface area (Å²) in [4.78, 5) is 21.7. The van der Waals surface area contributed by atoms with Crippen molar-refractivity contribution in [3.63, 3.8) is 0 Å². The topological polar surface area (TPSA) is 78.4 Å². The molecule has 0 bridgehead atoms. The molecular weight excluding hydrogens is 208 g/mol. The minimum absolute atomic E-state index is 0.0311. The van der Waals surface area contributed by atoms with Crippen LogP contribution in [0.1, 0.15) is 33.1 Å². The predicted octanol–water partition coefficient (Wildman–Crippen LogP) is 0.603. The van der Waals surface area contributed by atoms with Crippen LogP contribution in [0.15, 0.2) is 0 Å². The summed E-state index contributed by atoms with van der Waals surface area (Å²) in [5.74, 6) is -1.15. The van der Waals surface area contributed by atoms with E-state index in [2.05, 4.69) is 10.6 Å². The largest absolute Gasteiger partial charge is 0.481 e. The van der Waals surface area contributed by atoms with Gasteiger partial charge in [-0.3, -0.25) is 9.59 Å². The zero-order valence-electron chi connectivity index (χ0n) is 10.1. The second-order valence-corrected chi connectivity index (χ2v) is 3.91. The van der Waals surface area contributed by atoms with Crippen molar-refractivity contribution >= 4 is 11.9 Å². The van der Waals surface area contributed by atoms with E-state index in [0.717, 1.165) is 13.0 Å². The molecule has 0 aromatic carbocycles. The quantitative estimate of drug-likeness (QED) is 0.507. The number of aliphatic carboxylic acids is 1. The Hall–Kier alpha value is -1.10. The molecule has 5 heteroatoms. The highest BCUT2D eigenvalue weighted by Crippen LogP contribution is 2.03. The number of rotatable bonds is 9. The van der Waals surface area contributed by atoms with E-state index in [1.807, 2.05) is 6.92 Å². The van der Waals surface area contributed by atoms with Crippen molar-refractivity contribution in [2.24, 2.45) is 5.92 Å². The summed E-state index contributed by atoms with van der Waals surface area (Å²) in [6, 6.07) is 0. The summed E-state index contributed by atoms with van der Waals surface area (Å²) in [6.45, 7) is 5.43. The van der Waals surface area contributed by atoms with Crippen molar-refractivity contribution in [1.29, 1.82) is 0 Å². The van der Waals surface area contributed by atoms with Gasteiger partial charge in [-0.15, -0.1) is 0 Å². The molecule has 0 aromatic rings. The fourth-order valence-electron chi connectivity index (χ4n) is 1.20. The zero-order valence-corrected chi connectivity index (χ0v) is 10.1. The second kappa shape index (κ2) is 9.15. The molecular formula is C11H22N2O3. The van der Waals surface area contributed by atoms with Gasteiger partial charge in [-0.1, -0.05) is 13.8 Å². The maximum absolute atomic E-state index is 11.2. The molecule has 0 aliphatic carbocycles. The maximum atomic E-state index is 11.2. The van der Waals surface area contributed by atoms with Gasteiger partial charge in [-0.25, -0.2) is 0 Å². The minimum Gasteiger partial charge on any atom is -0.481 e. The summed E-state index contributed by atoms with van der Waals surface area (Å²) >= 11 is 0. The lowest BCUT2D eigenvalue weighted by atomic mass is 10.1. The highest BCUT2D eigenvalue weighted by Gasteiger charge is 2.09. The van der Waals surface area contributed by atoms with Gasteiger partial charge in [0, 0.05) is 6.54 Å². The van der Waals surface area contributed by atoms with Crippen molar-refractivity contribution in [3.05, 3.63) is 0 Å². The number of hydrogen-bond donors (Lipinski definition) is 3. The SMILES string of the molecule is CCCNCC(=O)NCCCC(C)C(=O)O. The number of amides is 1. The van der Waals surface area contributed by atoms with Gasteiger partial charge in [-0.2, -0.15) is 0 Å². The van der Waals surface area contributed by atoms with Crippen LogP contribution < -0.4 is 10.6 Å². The standard InChI is InChI=1S/C11H22N2O3/c1-3-6-12-8-10(14)13-7-4-5-9(2)11(15)16/h9,12H,3-8H2,1-2H3,(H,13,14)(H,15,16). The Bertz CT molecular complexity index is 219. The van der Waals surface area contributed by atoms with Gasteiger partial charge in [0.15, 0.2) is 0 Å². The lowest BCUT2D eigenvalue weighted by molar-refractivity contribution is -0.141. The van der Waals surface area contributed by atoms with E-state index in [0.29, 0.717) is 25.9 Å². The van der Waals surface area contributed by atoms with Crippen LogP contribution in [0.5, 0.6) is 0 Å². The first kappa shape index (κ1) is 14.9. The molecule has 1 atom stereocenters. The van der Waals surface area contributed by atoms with Crippen molar-refractivity contribution in [3.8, 4) is 0 Å². The Balaban J connectivity index is 3.37. The summed E-state index contributed by atoms with van der Waals surface area (Å²) < 4.78 is 0. The molecule has 0 saturated heterocycles. The number of carbonyl (C=O) groups excluding carboxylic acids is 1. The molecule has 16 heavy (non-hydrogen) atoms. The molecule has 0 aliphatic heterocycles. The van der Waals surface area contributed by atoms with Crippen LogP contribution in [0.4, 0.5) is 0 Å². The monoisotopic (exact) mass is 230 g/mol. The Labute approximate surface area is 96.6 Å². The molecule has 0 heterocycles. The number of carboxylic acid groups (broad SMARTS) is 1. The van der Waals surface area contributed by atoms with E-state index >= 15 is 0 Å². The predicted molar refractivity (Wildman–Crippen MR) is 62.2 cm³/mol. The van der Waals surface area contributed by atoms with Gasteiger partial charge in [0.2, 0.25) is 5.91 Å². The second-order valence-electron chi connectivity index (χ2n) is 3.91. The lowest BCUT2D eigenvalue weighted by Gasteiger charge is -2.07. The fraction of sp³-hybridized carbons (Fsp3) is 0.818. The molecule has 0 aromatic heterocycles. The van der Waals surface area contributed by atoms with Crippen LogP contribution in [0, 0.1) is 5.92 Å². The molecule has 1 unspecified atom stereocenters. The summed E-state index contributed by atoms with van der Waals surface area (Å²) in [5, 5.41) is 14.4. The van der Waals surface area contributed by atoms with Gasteiger partial charge in [0.1, 0.15) is 0 Å². The number of carboxylic acids is 1. The number of nitrogens with one attached hydrogen (secondary N) is 2. The van der Waals surface area contributed by atoms with E-state index in [1.54, 1.807) is 6.92 Å². The van der Waals surface area contributed by atoms with Crippen molar-refractivity contribution in [1.82, 2.24) is 10.6 Å². The minimum atomic E-state index is -0.782. The van der Waals surface area contributed by atoms with Gasteiger partial charge in [-0.05, 0) is 25.8 Å². The summed E-state index contributed by atoms with van der Waals surface area (Å²) in [6.07, 6.45) is 2.30. The summed E-state index contributed by atoms with van der Waals surface area (Å²) in [7, 11) is 0. The van der Waals surface area contributed by atoms with E-state index in [4.69, 9.17) is 5.11 Å². The average Bonchev–Trinajstić information content (AvgIpc) is 2.24. The first-order valence-electron chi connectivity index (χ1n) is 5.78.